The van der Waals surface area contributed by atoms with E-state index in [-0.39, 0.29) is 5.82 Å². The van der Waals surface area contributed by atoms with Crippen LogP contribution >= 0.6 is 0 Å². The molecular formula is C25H31F3. The predicted octanol–water partition coefficient (Wildman–Crippen LogP) is 7.95. The summed E-state index contributed by atoms with van der Waals surface area (Å²) in [6, 6.07) is 8.72. The first-order valence-electron chi connectivity index (χ1n) is 10.7. The molecule has 1 saturated carbocycles. The molecule has 0 bridgehead atoms. The molecule has 3 rings (SSSR count). The van der Waals surface area contributed by atoms with Gasteiger partial charge in [-0.05, 0) is 71.9 Å². The second kappa shape index (κ2) is 9.62. The van der Waals surface area contributed by atoms with Gasteiger partial charge in [-0.15, -0.1) is 0 Å². The normalized spacial score (nSPS) is 20.9. The Morgan fingerprint density at radius 2 is 1.50 bits per heavy atom. The molecule has 1 unspecified atom stereocenters. The van der Waals surface area contributed by atoms with Gasteiger partial charge in [0.1, 0.15) is 5.82 Å². The first-order valence-corrected chi connectivity index (χ1v) is 10.7. The van der Waals surface area contributed by atoms with Gasteiger partial charge in [-0.3, -0.25) is 0 Å². The van der Waals surface area contributed by atoms with Crippen LogP contribution in [0.3, 0.4) is 0 Å². The van der Waals surface area contributed by atoms with Gasteiger partial charge in [0, 0.05) is 0 Å². The van der Waals surface area contributed by atoms with E-state index in [1.54, 1.807) is 12.1 Å². The minimum absolute atomic E-state index is 0.259. The first kappa shape index (κ1) is 21.0. The fraction of sp³-hybridized carbons (Fsp3) is 0.520. The minimum Gasteiger partial charge on any atom is -0.207 e. The highest BCUT2D eigenvalue weighted by molar-refractivity contribution is 5.64. The highest BCUT2D eigenvalue weighted by atomic mass is 19.2. The summed E-state index contributed by atoms with van der Waals surface area (Å²) in [6.45, 7) is 4.49. The number of hydrogen-bond acceptors (Lipinski definition) is 0. The van der Waals surface area contributed by atoms with Gasteiger partial charge in [0.15, 0.2) is 11.6 Å². The first-order chi connectivity index (χ1) is 13.5. The Balaban J connectivity index is 1.61. The average molecular weight is 389 g/mol. The maximum atomic E-state index is 14.7. The van der Waals surface area contributed by atoms with E-state index in [0.29, 0.717) is 28.5 Å². The molecule has 1 aliphatic carbocycles. The van der Waals surface area contributed by atoms with Gasteiger partial charge in [-0.2, -0.15) is 0 Å². The van der Waals surface area contributed by atoms with Crippen LogP contribution < -0.4 is 0 Å². The number of benzene rings is 2. The third-order valence-electron chi connectivity index (χ3n) is 6.51. The summed E-state index contributed by atoms with van der Waals surface area (Å²) in [4.78, 5) is 0. The Morgan fingerprint density at radius 3 is 2.11 bits per heavy atom. The molecule has 0 saturated heterocycles. The fourth-order valence-corrected chi connectivity index (χ4v) is 4.62. The van der Waals surface area contributed by atoms with E-state index < -0.39 is 11.6 Å². The van der Waals surface area contributed by atoms with Crippen molar-refractivity contribution in [2.45, 2.75) is 65.2 Å². The smallest absolute Gasteiger partial charge is 0.159 e. The van der Waals surface area contributed by atoms with Crippen LogP contribution in [-0.2, 0) is 6.42 Å². The zero-order chi connectivity index (χ0) is 20.1. The maximum absolute atomic E-state index is 14.7. The van der Waals surface area contributed by atoms with E-state index in [2.05, 4.69) is 13.8 Å². The van der Waals surface area contributed by atoms with Crippen molar-refractivity contribution in [3.05, 3.63) is 59.4 Å². The summed E-state index contributed by atoms with van der Waals surface area (Å²) >= 11 is 0. The lowest BCUT2D eigenvalue weighted by molar-refractivity contribution is 0.204. The molecule has 0 radical (unpaired) electrons. The average Bonchev–Trinajstić information content (AvgIpc) is 2.70. The molecule has 2 aromatic carbocycles. The van der Waals surface area contributed by atoms with Crippen LogP contribution in [0.2, 0.25) is 0 Å². The van der Waals surface area contributed by atoms with Crippen LogP contribution in [0.15, 0.2) is 36.4 Å². The van der Waals surface area contributed by atoms with Crippen molar-refractivity contribution in [3.8, 4) is 11.1 Å². The highest BCUT2D eigenvalue weighted by Crippen LogP contribution is 2.37. The third-order valence-corrected chi connectivity index (χ3v) is 6.51. The van der Waals surface area contributed by atoms with Crippen molar-refractivity contribution < 1.29 is 13.2 Å². The molecule has 2 aromatic rings. The van der Waals surface area contributed by atoms with Crippen LogP contribution in [0.4, 0.5) is 13.2 Å². The largest absolute Gasteiger partial charge is 0.207 e. The van der Waals surface area contributed by atoms with Crippen molar-refractivity contribution in [3.63, 3.8) is 0 Å². The topological polar surface area (TPSA) is 0 Å². The Kier molecular flexibility index (Phi) is 7.20. The van der Waals surface area contributed by atoms with Gasteiger partial charge in [0.25, 0.3) is 0 Å². The number of hydrogen-bond donors (Lipinski definition) is 0. The van der Waals surface area contributed by atoms with Crippen molar-refractivity contribution in [1.29, 1.82) is 0 Å². The molecule has 0 heterocycles. The summed E-state index contributed by atoms with van der Waals surface area (Å²) in [5.41, 5.74) is 1.78. The Labute approximate surface area is 167 Å². The molecule has 0 aromatic heterocycles. The Hall–Kier alpha value is -1.77. The zero-order valence-corrected chi connectivity index (χ0v) is 17.0. The lowest BCUT2D eigenvalue weighted by Crippen LogP contribution is -2.21. The Morgan fingerprint density at radius 1 is 0.857 bits per heavy atom. The van der Waals surface area contributed by atoms with E-state index >= 15 is 0 Å². The molecule has 1 atom stereocenters. The van der Waals surface area contributed by atoms with Crippen LogP contribution in [0, 0.1) is 35.2 Å². The number of halogens is 3. The van der Waals surface area contributed by atoms with Crippen molar-refractivity contribution in [1.82, 2.24) is 0 Å². The lowest BCUT2D eigenvalue weighted by Gasteiger charge is -2.32. The molecule has 3 heteroatoms. The van der Waals surface area contributed by atoms with Gasteiger partial charge >= 0.3 is 0 Å². The molecule has 0 nitrogen and oxygen atoms in total. The monoisotopic (exact) mass is 388 g/mol. The molecule has 0 spiro atoms. The van der Waals surface area contributed by atoms with E-state index in [9.17, 15) is 13.2 Å². The third kappa shape index (κ3) is 5.18. The number of unbranched alkanes of at least 4 members (excludes halogenated alkanes) is 1. The van der Waals surface area contributed by atoms with Crippen LogP contribution in [0.1, 0.15) is 64.4 Å². The lowest BCUT2D eigenvalue weighted by atomic mass is 9.73. The van der Waals surface area contributed by atoms with E-state index in [0.717, 1.165) is 24.5 Å². The quantitative estimate of drug-likeness (QED) is 0.451. The zero-order valence-electron chi connectivity index (χ0n) is 17.0. The predicted molar refractivity (Wildman–Crippen MR) is 110 cm³/mol. The van der Waals surface area contributed by atoms with Gasteiger partial charge in [0.2, 0.25) is 0 Å². The summed E-state index contributed by atoms with van der Waals surface area (Å²) in [6.07, 6.45) is 9.83. The van der Waals surface area contributed by atoms with Gasteiger partial charge in [-0.25, -0.2) is 13.2 Å². The second-order valence-electron chi connectivity index (χ2n) is 8.54. The van der Waals surface area contributed by atoms with Crippen LogP contribution in [-0.4, -0.2) is 0 Å². The van der Waals surface area contributed by atoms with Gasteiger partial charge in [-0.1, -0.05) is 64.2 Å². The van der Waals surface area contributed by atoms with E-state index in [4.69, 9.17) is 0 Å². The van der Waals surface area contributed by atoms with Crippen molar-refractivity contribution in [2.24, 2.45) is 17.8 Å². The summed E-state index contributed by atoms with van der Waals surface area (Å²) in [7, 11) is 0. The molecule has 0 amide bonds. The molecule has 28 heavy (non-hydrogen) atoms. The SMILES string of the molecule is CCCCC1CCC(C(C)Cc2ccc(-c3ccc(F)c(F)c3)cc2F)CC1. The van der Waals surface area contributed by atoms with Crippen molar-refractivity contribution in [2.75, 3.05) is 0 Å². The minimum atomic E-state index is -0.912. The Bertz CT molecular complexity index is 775. The number of rotatable bonds is 7. The molecule has 152 valence electrons. The van der Waals surface area contributed by atoms with E-state index in [1.165, 1.54) is 57.1 Å². The molecule has 0 aliphatic heterocycles. The highest BCUT2D eigenvalue weighted by Gasteiger charge is 2.25. The van der Waals surface area contributed by atoms with Crippen LogP contribution in [0.25, 0.3) is 11.1 Å². The van der Waals surface area contributed by atoms with Gasteiger partial charge < -0.3 is 0 Å². The molecule has 0 N–H and O–H groups in total. The molecule has 1 aliphatic rings. The summed E-state index contributed by atoms with van der Waals surface area (Å²) in [5, 5.41) is 0. The maximum Gasteiger partial charge on any atom is 0.159 e. The summed E-state index contributed by atoms with van der Waals surface area (Å²) < 4.78 is 41.2. The fourth-order valence-electron chi connectivity index (χ4n) is 4.62. The molecule has 1 fully saturated rings. The van der Waals surface area contributed by atoms with Gasteiger partial charge in [0.05, 0.1) is 0 Å². The standard InChI is InChI=1S/C25H31F3/c1-3-4-5-18-6-8-19(9-7-18)17(2)14-22-11-10-20(15-24(22)27)21-12-13-23(26)25(28)16-21/h10-13,15-19H,3-9,14H2,1-2H3. The second-order valence-corrected chi connectivity index (χ2v) is 8.54. The molecular weight excluding hydrogens is 357 g/mol. The van der Waals surface area contributed by atoms with Crippen molar-refractivity contribution >= 4 is 0 Å². The van der Waals surface area contributed by atoms with Crippen LogP contribution in [0.5, 0.6) is 0 Å². The van der Waals surface area contributed by atoms with E-state index in [1.807, 2.05) is 0 Å². The summed E-state index contributed by atoms with van der Waals surface area (Å²) in [5.74, 6) is -0.0515.